The summed E-state index contributed by atoms with van der Waals surface area (Å²) in [7, 11) is -2.31. The molecule has 4 unspecified atom stereocenters. The molecule has 2 heterocycles. The van der Waals surface area contributed by atoms with E-state index in [0.29, 0.717) is 47.4 Å². The second-order valence-corrected chi connectivity index (χ2v) is 18.3. The SMILES string of the molecule is C=CC1CC1(NC(=O)OC(C)(C)C)C(=O)N1C[C@H](Oc2cc(-c3ccccc3)nc3cc(OC)ccc23)C[C@H]1C(=O)NC1(C(=O)NS(=O)(=O)C2CC2)CC1CC. The lowest BCUT2D eigenvalue weighted by molar-refractivity contribution is -0.142. The van der Waals surface area contributed by atoms with E-state index in [1.165, 1.54) is 4.90 Å². The summed E-state index contributed by atoms with van der Waals surface area (Å²) in [4.78, 5) is 62.2. The number of nitrogens with one attached hydrogen (secondary N) is 3. The van der Waals surface area contributed by atoms with Crippen LogP contribution in [0.4, 0.5) is 4.79 Å². The van der Waals surface area contributed by atoms with Crippen LogP contribution < -0.4 is 24.8 Å². The van der Waals surface area contributed by atoms with Crippen molar-refractivity contribution in [1.82, 2.24) is 25.2 Å². The number of hydrogen-bond donors (Lipinski definition) is 3. The number of hydrogen-bond acceptors (Lipinski definition) is 10. The Hall–Kier alpha value is -5.18. The summed E-state index contributed by atoms with van der Waals surface area (Å²) < 4.78 is 45.5. The lowest BCUT2D eigenvalue weighted by Gasteiger charge is -2.31. The Morgan fingerprint density at radius 3 is 2.36 bits per heavy atom. The molecule has 1 saturated heterocycles. The highest BCUT2D eigenvalue weighted by atomic mass is 32.2. The molecule has 3 aliphatic carbocycles. The van der Waals surface area contributed by atoms with Crippen LogP contribution in [0.25, 0.3) is 22.2 Å². The number of sulfonamides is 1. The van der Waals surface area contributed by atoms with Gasteiger partial charge < -0.3 is 29.7 Å². The van der Waals surface area contributed by atoms with Crippen molar-refractivity contribution >= 4 is 44.7 Å². The molecule has 0 bridgehead atoms. The highest BCUT2D eigenvalue weighted by molar-refractivity contribution is 7.91. The van der Waals surface area contributed by atoms with Gasteiger partial charge in [0.15, 0.2) is 0 Å². The van der Waals surface area contributed by atoms with Crippen molar-refractivity contribution in [2.24, 2.45) is 11.8 Å². The maximum absolute atomic E-state index is 14.7. The molecule has 3 N–H and O–H groups in total. The highest BCUT2D eigenvalue weighted by Crippen LogP contribution is 2.49. The molecule has 3 saturated carbocycles. The zero-order valence-electron chi connectivity index (χ0n) is 32.3. The molecule has 1 aromatic heterocycles. The van der Waals surface area contributed by atoms with E-state index in [4.69, 9.17) is 19.2 Å². The fourth-order valence-corrected chi connectivity index (χ4v) is 9.11. The molecule has 56 heavy (non-hydrogen) atoms. The number of amides is 4. The fraction of sp³-hybridized carbons (Fsp3) is 0.488. The number of aromatic nitrogens is 1. The minimum Gasteiger partial charge on any atom is -0.497 e. The molecule has 7 rings (SSSR count). The molecule has 1 aliphatic heterocycles. The predicted octanol–water partition coefficient (Wildman–Crippen LogP) is 4.62. The van der Waals surface area contributed by atoms with Crippen molar-refractivity contribution in [1.29, 1.82) is 0 Å². The van der Waals surface area contributed by atoms with E-state index in [9.17, 15) is 27.6 Å². The molecular weight excluding hydrogens is 739 g/mol. The molecular formula is C41H49N5O9S. The van der Waals surface area contributed by atoms with Gasteiger partial charge in [-0.3, -0.25) is 19.1 Å². The van der Waals surface area contributed by atoms with Crippen LogP contribution in [0.3, 0.4) is 0 Å². The summed E-state index contributed by atoms with van der Waals surface area (Å²) >= 11 is 0. The van der Waals surface area contributed by atoms with Crippen molar-refractivity contribution in [3.63, 3.8) is 0 Å². The maximum atomic E-state index is 14.7. The van der Waals surface area contributed by atoms with Crippen LogP contribution in [0.15, 0.2) is 67.3 Å². The number of methoxy groups -OCH3 is 1. The lowest BCUT2D eigenvalue weighted by Crippen LogP contribution is -2.59. The number of likely N-dealkylation sites (tertiary alicyclic amines) is 1. The summed E-state index contributed by atoms with van der Waals surface area (Å²) in [6, 6.07) is 15.7. The predicted molar refractivity (Wildman–Crippen MR) is 208 cm³/mol. The van der Waals surface area contributed by atoms with Gasteiger partial charge in [0.1, 0.15) is 40.3 Å². The molecule has 4 fully saturated rings. The summed E-state index contributed by atoms with van der Waals surface area (Å²) in [5.41, 5.74) is -1.60. The monoisotopic (exact) mass is 787 g/mol. The van der Waals surface area contributed by atoms with Crippen LogP contribution in [0.1, 0.15) is 66.2 Å². The summed E-state index contributed by atoms with van der Waals surface area (Å²) in [6.07, 6.45) is 2.07. The van der Waals surface area contributed by atoms with E-state index >= 15 is 0 Å². The molecule has 4 aliphatic rings. The number of alkyl carbamates (subject to hydrolysis) is 1. The fourth-order valence-electron chi connectivity index (χ4n) is 7.75. The van der Waals surface area contributed by atoms with Crippen molar-refractivity contribution in [3.05, 3.63) is 67.3 Å². The van der Waals surface area contributed by atoms with E-state index in [1.54, 1.807) is 46.1 Å². The molecule has 3 aromatic rings. The van der Waals surface area contributed by atoms with E-state index < -0.39 is 73.8 Å². The number of fused-ring (bicyclic) bond motifs is 1. The molecule has 2 aromatic carbocycles. The third kappa shape index (κ3) is 7.65. The molecule has 0 spiro atoms. The number of rotatable bonds is 13. The standard InChI is InChI=1S/C41H49N5O9S/c1-7-25-21-40(25,36(48)45-56(51,52)29-15-16-29)43-35(47)33-19-28(23-46(33)37(49)41(22-26(41)8-2)44-38(50)55-39(3,4)5)54-34-20-31(24-12-10-9-11-13-24)42-32-18-27(53-6)14-17-30(32)34/h8-14,17-18,20,25-26,28-29,33H,2,7,15-16,19,21-23H2,1,3-6H3,(H,43,47)(H,44,50)(H,45,48)/t25?,26?,28-,33+,40?,41?/m1/s1. The number of carbonyl (C=O) groups is 4. The average molecular weight is 788 g/mol. The number of carbonyl (C=O) groups excluding carboxylic acids is 4. The second-order valence-electron chi connectivity index (χ2n) is 16.3. The highest BCUT2D eigenvalue weighted by Gasteiger charge is 2.65. The maximum Gasteiger partial charge on any atom is 0.408 e. The molecule has 298 valence electrons. The van der Waals surface area contributed by atoms with Gasteiger partial charge in [0.25, 0.3) is 5.91 Å². The summed E-state index contributed by atoms with van der Waals surface area (Å²) in [6.45, 7) is 10.8. The Morgan fingerprint density at radius 1 is 1.02 bits per heavy atom. The Bertz CT molecular complexity index is 2190. The third-order valence-corrected chi connectivity index (χ3v) is 12.9. The van der Waals surface area contributed by atoms with Gasteiger partial charge >= 0.3 is 6.09 Å². The van der Waals surface area contributed by atoms with E-state index in [0.717, 1.165) is 5.56 Å². The Labute approximate surface area is 326 Å². The molecule has 15 heteroatoms. The number of ether oxygens (including phenoxy) is 3. The van der Waals surface area contributed by atoms with Gasteiger partial charge in [0, 0.05) is 35.4 Å². The van der Waals surface area contributed by atoms with Crippen LogP contribution in [-0.2, 0) is 29.1 Å². The number of nitrogens with zero attached hydrogens (tertiary/aromatic N) is 2. The topological polar surface area (TPSA) is 182 Å². The molecule has 14 nitrogen and oxygen atoms in total. The van der Waals surface area contributed by atoms with Gasteiger partial charge in [0.05, 0.1) is 30.1 Å². The minimum atomic E-state index is -3.88. The smallest absolute Gasteiger partial charge is 0.408 e. The average Bonchev–Trinajstić information content (AvgIpc) is 4.09. The van der Waals surface area contributed by atoms with Gasteiger partial charge in [-0.05, 0) is 64.5 Å². The first-order valence-electron chi connectivity index (χ1n) is 19.1. The summed E-state index contributed by atoms with van der Waals surface area (Å²) in [5, 5.41) is 5.72. The second kappa shape index (κ2) is 14.4. The van der Waals surface area contributed by atoms with E-state index in [1.807, 2.05) is 49.4 Å². The van der Waals surface area contributed by atoms with Gasteiger partial charge in [-0.1, -0.05) is 49.8 Å². The molecule has 6 atom stereocenters. The number of benzene rings is 2. The first kappa shape index (κ1) is 39.1. The van der Waals surface area contributed by atoms with Crippen LogP contribution in [-0.4, -0.2) is 89.8 Å². The Kier molecular flexibility index (Phi) is 10.0. The minimum absolute atomic E-state index is 0.0361. The van der Waals surface area contributed by atoms with Crippen LogP contribution >= 0.6 is 0 Å². The van der Waals surface area contributed by atoms with Crippen molar-refractivity contribution in [2.75, 3.05) is 13.7 Å². The Balaban J connectivity index is 1.22. The van der Waals surface area contributed by atoms with Crippen molar-refractivity contribution in [3.8, 4) is 22.8 Å². The zero-order chi connectivity index (χ0) is 40.2. The quantitative estimate of drug-likeness (QED) is 0.207. The number of pyridine rings is 1. The van der Waals surface area contributed by atoms with Crippen LogP contribution in [0, 0.1) is 11.8 Å². The van der Waals surface area contributed by atoms with E-state index in [-0.39, 0.29) is 31.7 Å². The molecule has 4 amide bonds. The van der Waals surface area contributed by atoms with Gasteiger partial charge in [-0.15, -0.1) is 6.58 Å². The van der Waals surface area contributed by atoms with Gasteiger partial charge in [-0.25, -0.2) is 18.2 Å². The third-order valence-electron chi connectivity index (χ3n) is 11.1. The Morgan fingerprint density at radius 2 is 1.75 bits per heavy atom. The molecule has 0 radical (unpaired) electrons. The zero-order valence-corrected chi connectivity index (χ0v) is 33.1. The van der Waals surface area contributed by atoms with Gasteiger partial charge in [-0.2, -0.15) is 0 Å². The summed E-state index contributed by atoms with van der Waals surface area (Å²) in [5.74, 6) is -1.59. The normalized spacial score (nSPS) is 26.8. The van der Waals surface area contributed by atoms with Crippen LogP contribution in [0.2, 0.25) is 0 Å². The van der Waals surface area contributed by atoms with Crippen molar-refractivity contribution < 1.29 is 41.8 Å². The first-order chi connectivity index (χ1) is 26.5. The first-order valence-corrected chi connectivity index (χ1v) is 20.6. The van der Waals surface area contributed by atoms with E-state index in [2.05, 4.69) is 21.9 Å². The largest absolute Gasteiger partial charge is 0.497 e. The van der Waals surface area contributed by atoms with Crippen LogP contribution in [0.5, 0.6) is 11.5 Å². The van der Waals surface area contributed by atoms with Crippen molar-refractivity contribution in [2.45, 2.75) is 100 Å². The van der Waals surface area contributed by atoms with Gasteiger partial charge in [0.2, 0.25) is 21.8 Å². The lowest BCUT2D eigenvalue weighted by atomic mass is 10.1.